The molecular formula is C19H17N5O2. The standard InChI is InChI=1S/C19H17N5O2/c25-19(17-12-4-1-2-5-13(12)23-24-17)20-11-7-8-14-15(10-11)22-18(21-14)16-6-3-9-26-16/h1-2,4-5,7-8,10,16H,3,6,9H2,(H,20,25)(H,21,22)(H,23,24). The molecule has 4 aromatic rings. The molecule has 7 heteroatoms. The molecule has 7 nitrogen and oxygen atoms in total. The fourth-order valence-electron chi connectivity index (χ4n) is 3.38. The maximum atomic E-state index is 12.6. The molecule has 0 spiro atoms. The van der Waals surface area contributed by atoms with E-state index in [2.05, 4.69) is 25.5 Å². The number of aromatic nitrogens is 4. The summed E-state index contributed by atoms with van der Waals surface area (Å²) in [6.07, 6.45) is 2.08. The van der Waals surface area contributed by atoms with Gasteiger partial charge in [-0.15, -0.1) is 0 Å². The highest BCUT2D eigenvalue weighted by Gasteiger charge is 2.21. The van der Waals surface area contributed by atoms with E-state index in [-0.39, 0.29) is 12.0 Å². The second-order valence-electron chi connectivity index (χ2n) is 6.43. The number of hydrogen-bond acceptors (Lipinski definition) is 4. The van der Waals surface area contributed by atoms with Crippen molar-refractivity contribution in [1.82, 2.24) is 20.2 Å². The van der Waals surface area contributed by atoms with Crippen molar-refractivity contribution in [2.24, 2.45) is 0 Å². The second-order valence-corrected chi connectivity index (χ2v) is 6.43. The largest absolute Gasteiger partial charge is 0.370 e. The molecule has 0 saturated carbocycles. The Hall–Kier alpha value is -3.19. The Bertz CT molecular complexity index is 1110. The van der Waals surface area contributed by atoms with Crippen LogP contribution in [0.15, 0.2) is 42.5 Å². The van der Waals surface area contributed by atoms with Crippen molar-refractivity contribution >= 4 is 33.5 Å². The summed E-state index contributed by atoms with van der Waals surface area (Å²) < 4.78 is 5.68. The summed E-state index contributed by atoms with van der Waals surface area (Å²) in [5.41, 5.74) is 3.64. The average Bonchev–Trinajstić information content (AvgIpc) is 3.39. The molecule has 130 valence electrons. The number of aromatic amines is 2. The van der Waals surface area contributed by atoms with Crippen LogP contribution < -0.4 is 5.32 Å². The minimum absolute atomic E-state index is 0.0378. The summed E-state index contributed by atoms with van der Waals surface area (Å²) in [6.45, 7) is 0.778. The summed E-state index contributed by atoms with van der Waals surface area (Å²) in [7, 11) is 0. The van der Waals surface area contributed by atoms with Crippen molar-refractivity contribution in [2.45, 2.75) is 18.9 Å². The molecule has 1 amide bonds. The topological polar surface area (TPSA) is 95.7 Å². The molecule has 0 radical (unpaired) electrons. The Balaban J connectivity index is 1.42. The van der Waals surface area contributed by atoms with E-state index in [0.717, 1.165) is 47.2 Å². The highest BCUT2D eigenvalue weighted by atomic mass is 16.5. The molecule has 1 aliphatic rings. The maximum absolute atomic E-state index is 12.6. The van der Waals surface area contributed by atoms with Gasteiger partial charge in [-0.1, -0.05) is 18.2 Å². The van der Waals surface area contributed by atoms with Crippen LogP contribution in [0.3, 0.4) is 0 Å². The number of benzene rings is 2. The van der Waals surface area contributed by atoms with E-state index in [9.17, 15) is 4.79 Å². The Labute approximate surface area is 148 Å². The molecule has 2 aromatic carbocycles. The van der Waals surface area contributed by atoms with Crippen LogP contribution in [0, 0.1) is 0 Å². The highest BCUT2D eigenvalue weighted by Crippen LogP contribution is 2.29. The fourth-order valence-corrected chi connectivity index (χ4v) is 3.38. The van der Waals surface area contributed by atoms with E-state index < -0.39 is 0 Å². The number of para-hydroxylation sites is 1. The minimum atomic E-state index is -0.249. The molecule has 0 bridgehead atoms. The van der Waals surface area contributed by atoms with E-state index >= 15 is 0 Å². The number of carbonyl (C=O) groups excluding carboxylic acids is 1. The first-order valence-electron chi connectivity index (χ1n) is 8.64. The SMILES string of the molecule is O=C(Nc1ccc2nc(C3CCCO3)[nH]c2c1)c1n[nH]c2ccccc12. The van der Waals surface area contributed by atoms with Gasteiger partial charge in [-0.25, -0.2) is 4.98 Å². The third-order valence-electron chi connectivity index (χ3n) is 4.68. The molecule has 26 heavy (non-hydrogen) atoms. The van der Waals surface area contributed by atoms with Crippen LogP contribution in [0.2, 0.25) is 0 Å². The van der Waals surface area contributed by atoms with Crippen molar-refractivity contribution in [3.63, 3.8) is 0 Å². The third-order valence-corrected chi connectivity index (χ3v) is 4.68. The summed E-state index contributed by atoms with van der Waals surface area (Å²) in [4.78, 5) is 20.5. The second kappa shape index (κ2) is 5.96. The van der Waals surface area contributed by atoms with Crippen LogP contribution in [0.5, 0.6) is 0 Å². The van der Waals surface area contributed by atoms with Crippen molar-refractivity contribution in [3.8, 4) is 0 Å². The lowest BCUT2D eigenvalue weighted by Crippen LogP contribution is -2.12. The van der Waals surface area contributed by atoms with Crippen LogP contribution in [0.1, 0.15) is 35.3 Å². The number of fused-ring (bicyclic) bond motifs is 2. The van der Waals surface area contributed by atoms with Crippen LogP contribution in [0.25, 0.3) is 21.9 Å². The van der Waals surface area contributed by atoms with Gasteiger partial charge in [0.25, 0.3) is 5.91 Å². The first kappa shape index (κ1) is 15.1. The third kappa shape index (κ3) is 2.53. The minimum Gasteiger partial charge on any atom is -0.370 e. The lowest BCUT2D eigenvalue weighted by atomic mass is 10.2. The number of nitrogens with one attached hydrogen (secondary N) is 3. The Morgan fingerprint density at radius 2 is 2.12 bits per heavy atom. The summed E-state index contributed by atoms with van der Waals surface area (Å²) in [5.74, 6) is 0.597. The number of rotatable bonds is 3. The quantitative estimate of drug-likeness (QED) is 0.528. The van der Waals surface area contributed by atoms with Crippen molar-refractivity contribution in [1.29, 1.82) is 0 Å². The molecule has 1 fully saturated rings. The molecular weight excluding hydrogens is 330 g/mol. The van der Waals surface area contributed by atoms with Gasteiger partial charge < -0.3 is 15.0 Å². The van der Waals surface area contributed by atoms with Gasteiger partial charge in [0.2, 0.25) is 0 Å². The van der Waals surface area contributed by atoms with Crippen LogP contribution in [-0.4, -0.2) is 32.7 Å². The highest BCUT2D eigenvalue weighted by molar-refractivity contribution is 6.11. The summed E-state index contributed by atoms with van der Waals surface area (Å²) in [6, 6.07) is 13.2. The van der Waals surface area contributed by atoms with E-state index in [4.69, 9.17) is 4.74 Å². The van der Waals surface area contributed by atoms with E-state index in [0.29, 0.717) is 11.4 Å². The van der Waals surface area contributed by atoms with Gasteiger partial charge in [0.05, 0.1) is 16.6 Å². The van der Waals surface area contributed by atoms with Gasteiger partial charge in [-0.2, -0.15) is 5.10 Å². The van der Waals surface area contributed by atoms with E-state index in [1.54, 1.807) is 0 Å². The summed E-state index contributed by atoms with van der Waals surface area (Å²) in [5, 5.41) is 10.7. The number of hydrogen-bond donors (Lipinski definition) is 3. The Kier molecular flexibility index (Phi) is 3.46. The molecule has 2 aromatic heterocycles. The predicted molar refractivity (Wildman–Crippen MR) is 98.1 cm³/mol. The molecule has 0 aliphatic carbocycles. The molecule has 3 N–H and O–H groups in total. The van der Waals surface area contributed by atoms with Gasteiger partial charge in [0.15, 0.2) is 5.69 Å². The van der Waals surface area contributed by atoms with Crippen molar-refractivity contribution in [2.75, 3.05) is 11.9 Å². The van der Waals surface area contributed by atoms with Gasteiger partial charge >= 0.3 is 0 Å². The smallest absolute Gasteiger partial charge is 0.276 e. The molecule has 5 rings (SSSR count). The predicted octanol–water partition coefficient (Wildman–Crippen LogP) is 3.54. The van der Waals surface area contributed by atoms with Crippen molar-refractivity contribution < 1.29 is 9.53 Å². The first-order chi connectivity index (χ1) is 12.8. The molecule has 1 atom stereocenters. The van der Waals surface area contributed by atoms with Crippen LogP contribution in [-0.2, 0) is 4.74 Å². The lowest BCUT2D eigenvalue weighted by Gasteiger charge is -2.04. The van der Waals surface area contributed by atoms with Gasteiger partial charge in [-0.05, 0) is 37.1 Å². The molecule has 1 saturated heterocycles. The molecule has 3 heterocycles. The van der Waals surface area contributed by atoms with Crippen molar-refractivity contribution in [3.05, 3.63) is 54.0 Å². The fraction of sp³-hybridized carbons (Fsp3) is 0.211. The van der Waals surface area contributed by atoms with Crippen LogP contribution >= 0.6 is 0 Å². The number of ether oxygens (including phenoxy) is 1. The normalized spacial score (nSPS) is 17.2. The zero-order valence-electron chi connectivity index (χ0n) is 14.0. The lowest BCUT2D eigenvalue weighted by molar-refractivity contribution is 0.102. The Morgan fingerprint density at radius 1 is 1.19 bits per heavy atom. The van der Waals surface area contributed by atoms with Crippen LogP contribution in [0.4, 0.5) is 5.69 Å². The number of H-pyrrole nitrogens is 2. The van der Waals surface area contributed by atoms with Gasteiger partial charge in [0.1, 0.15) is 11.9 Å². The number of imidazole rings is 1. The Morgan fingerprint density at radius 3 is 3.00 bits per heavy atom. The molecule has 1 aliphatic heterocycles. The number of nitrogens with zero attached hydrogens (tertiary/aromatic N) is 2. The zero-order valence-corrected chi connectivity index (χ0v) is 14.0. The maximum Gasteiger partial charge on any atom is 0.276 e. The van der Waals surface area contributed by atoms with Gasteiger partial charge in [-0.3, -0.25) is 9.89 Å². The van der Waals surface area contributed by atoms with E-state index in [1.165, 1.54) is 0 Å². The number of carbonyl (C=O) groups is 1. The zero-order chi connectivity index (χ0) is 17.5. The number of anilines is 1. The monoisotopic (exact) mass is 347 g/mol. The average molecular weight is 347 g/mol. The number of amides is 1. The summed E-state index contributed by atoms with van der Waals surface area (Å²) >= 11 is 0. The van der Waals surface area contributed by atoms with Gasteiger partial charge in [0, 0.05) is 17.7 Å². The molecule has 1 unspecified atom stereocenters. The van der Waals surface area contributed by atoms with E-state index in [1.807, 2.05) is 42.5 Å². The first-order valence-corrected chi connectivity index (χ1v) is 8.64.